The van der Waals surface area contributed by atoms with Gasteiger partial charge in [-0.1, -0.05) is 6.07 Å². The van der Waals surface area contributed by atoms with E-state index in [2.05, 4.69) is 9.72 Å². The molecule has 0 spiro atoms. The molecule has 1 heterocycles. The summed E-state index contributed by atoms with van der Waals surface area (Å²) in [5.41, 5.74) is 0.444. The smallest absolute Gasteiger partial charge is 0.423 e. The summed E-state index contributed by atoms with van der Waals surface area (Å²) < 4.78 is 27.7. The predicted octanol–water partition coefficient (Wildman–Crippen LogP) is -0.329. The molecule has 0 saturated carbocycles. The molecule has 76 valence electrons. The Morgan fingerprint density at radius 1 is 1.50 bits per heavy atom. The normalized spacial score (nSPS) is 10.4. The number of pyridine rings is 1. The fraction of sp³-hybridized carbons (Fsp3) is 0.286. The zero-order chi connectivity index (χ0) is 10.7. The summed E-state index contributed by atoms with van der Waals surface area (Å²) in [6.07, 6.45) is 1.06. The number of hydrogen-bond acceptors (Lipinski definition) is 4. The summed E-state index contributed by atoms with van der Waals surface area (Å²) in [6.45, 7) is -1.46. The third kappa shape index (κ3) is 2.64. The molecule has 1 aromatic heterocycles. The molecular formula is C7H8BF2NO3. The second-order valence-corrected chi connectivity index (χ2v) is 2.64. The van der Waals surface area contributed by atoms with Gasteiger partial charge in [-0.05, 0) is 6.92 Å². The lowest BCUT2D eigenvalue weighted by atomic mass is 9.81. The number of aromatic nitrogens is 1. The van der Waals surface area contributed by atoms with Crippen molar-refractivity contribution in [2.24, 2.45) is 0 Å². The molecule has 0 amide bonds. The Balaban J connectivity index is 2.90. The lowest BCUT2D eigenvalue weighted by molar-refractivity contribution is -0.0533. The topological polar surface area (TPSA) is 62.6 Å². The maximum absolute atomic E-state index is 11.8. The van der Waals surface area contributed by atoms with Crippen LogP contribution in [0.5, 0.6) is 5.88 Å². The monoisotopic (exact) mass is 203 g/mol. The number of halogens is 2. The quantitative estimate of drug-likeness (QED) is 0.660. The first-order valence-corrected chi connectivity index (χ1v) is 3.78. The number of hydrogen-bond donors (Lipinski definition) is 2. The second-order valence-electron chi connectivity index (χ2n) is 2.64. The van der Waals surface area contributed by atoms with Gasteiger partial charge in [-0.3, -0.25) is 0 Å². The SMILES string of the molecule is Cc1cc(B(O)O)cnc1OC(F)F. The molecule has 4 nitrogen and oxygen atoms in total. The highest BCUT2D eigenvalue weighted by molar-refractivity contribution is 6.58. The van der Waals surface area contributed by atoms with Crippen LogP contribution in [0.3, 0.4) is 0 Å². The Morgan fingerprint density at radius 2 is 2.14 bits per heavy atom. The van der Waals surface area contributed by atoms with Crippen LogP contribution in [0, 0.1) is 6.92 Å². The molecule has 0 aliphatic rings. The lowest BCUT2D eigenvalue weighted by Crippen LogP contribution is -2.30. The minimum Gasteiger partial charge on any atom is -0.423 e. The van der Waals surface area contributed by atoms with E-state index in [1.807, 2.05) is 0 Å². The molecule has 0 radical (unpaired) electrons. The van der Waals surface area contributed by atoms with Crippen molar-refractivity contribution in [1.29, 1.82) is 0 Å². The minimum atomic E-state index is -2.94. The van der Waals surface area contributed by atoms with Crippen LogP contribution in [0.2, 0.25) is 0 Å². The van der Waals surface area contributed by atoms with Crippen LogP contribution in [-0.2, 0) is 0 Å². The van der Waals surface area contributed by atoms with Crippen molar-refractivity contribution in [3.63, 3.8) is 0 Å². The molecule has 0 atom stereocenters. The van der Waals surface area contributed by atoms with E-state index in [0.29, 0.717) is 5.56 Å². The molecule has 1 aromatic rings. The molecule has 0 aromatic carbocycles. The first-order chi connectivity index (χ1) is 6.50. The van der Waals surface area contributed by atoms with Crippen LogP contribution in [-0.4, -0.2) is 28.8 Å². The van der Waals surface area contributed by atoms with E-state index >= 15 is 0 Å². The van der Waals surface area contributed by atoms with Gasteiger partial charge in [-0.25, -0.2) is 4.98 Å². The summed E-state index contributed by atoms with van der Waals surface area (Å²) in [5, 5.41) is 17.5. The highest BCUT2D eigenvalue weighted by Gasteiger charge is 2.15. The van der Waals surface area contributed by atoms with Crippen molar-refractivity contribution in [3.05, 3.63) is 17.8 Å². The second kappa shape index (κ2) is 4.34. The van der Waals surface area contributed by atoms with Crippen LogP contribution in [0.1, 0.15) is 5.56 Å². The lowest BCUT2D eigenvalue weighted by Gasteiger charge is -2.07. The Kier molecular flexibility index (Phi) is 3.37. The van der Waals surface area contributed by atoms with Crippen LogP contribution < -0.4 is 10.2 Å². The maximum atomic E-state index is 11.8. The van der Waals surface area contributed by atoms with Crippen LogP contribution in [0.15, 0.2) is 12.3 Å². The van der Waals surface area contributed by atoms with E-state index < -0.39 is 13.7 Å². The van der Waals surface area contributed by atoms with Gasteiger partial charge in [0.2, 0.25) is 5.88 Å². The summed E-state index contributed by atoms with van der Waals surface area (Å²) in [7, 11) is -1.66. The van der Waals surface area contributed by atoms with Crippen molar-refractivity contribution in [2.45, 2.75) is 13.5 Å². The molecule has 0 bridgehead atoms. The Labute approximate surface area is 79.3 Å². The van der Waals surface area contributed by atoms with E-state index in [9.17, 15) is 8.78 Å². The third-order valence-electron chi connectivity index (χ3n) is 1.55. The Bertz CT molecular complexity index is 322. The first kappa shape index (κ1) is 10.9. The molecule has 14 heavy (non-hydrogen) atoms. The standard InChI is InChI=1S/C7H8BF2NO3/c1-4-2-5(8(12)13)3-11-6(4)14-7(9)10/h2-3,7,12-13H,1H3. The van der Waals surface area contributed by atoms with E-state index in [4.69, 9.17) is 10.0 Å². The number of ether oxygens (including phenoxy) is 1. The van der Waals surface area contributed by atoms with E-state index in [0.717, 1.165) is 6.20 Å². The highest BCUT2D eigenvalue weighted by atomic mass is 19.3. The zero-order valence-corrected chi connectivity index (χ0v) is 7.32. The average Bonchev–Trinajstić information content (AvgIpc) is 2.07. The molecule has 0 saturated heterocycles. The van der Waals surface area contributed by atoms with E-state index in [1.165, 1.54) is 13.0 Å². The molecule has 7 heteroatoms. The van der Waals surface area contributed by atoms with Gasteiger partial charge in [0.1, 0.15) is 0 Å². The van der Waals surface area contributed by atoms with Crippen molar-refractivity contribution in [1.82, 2.24) is 4.98 Å². The van der Waals surface area contributed by atoms with Crippen LogP contribution in [0.25, 0.3) is 0 Å². The molecule has 1 rings (SSSR count). The van der Waals surface area contributed by atoms with Crippen molar-refractivity contribution >= 4 is 12.6 Å². The summed E-state index contributed by atoms with van der Waals surface area (Å²) in [4.78, 5) is 3.52. The predicted molar refractivity (Wildman–Crippen MR) is 45.4 cm³/mol. The summed E-state index contributed by atoms with van der Waals surface area (Å²) in [5.74, 6) is -0.218. The zero-order valence-electron chi connectivity index (χ0n) is 7.32. The third-order valence-corrected chi connectivity index (χ3v) is 1.55. The molecule has 0 aliphatic carbocycles. The van der Waals surface area contributed by atoms with Crippen molar-refractivity contribution in [3.8, 4) is 5.88 Å². The number of rotatable bonds is 3. The largest absolute Gasteiger partial charge is 0.490 e. The van der Waals surface area contributed by atoms with Gasteiger partial charge in [-0.2, -0.15) is 8.78 Å². The van der Waals surface area contributed by atoms with E-state index in [1.54, 1.807) is 0 Å². The van der Waals surface area contributed by atoms with Gasteiger partial charge in [0.15, 0.2) is 0 Å². The highest BCUT2D eigenvalue weighted by Crippen LogP contribution is 2.14. The first-order valence-electron chi connectivity index (χ1n) is 3.78. The van der Waals surface area contributed by atoms with Crippen LogP contribution >= 0.6 is 0 Å². The molecule has 0 unspecified atom stereocenters. The van der Waals surface area contributed by atoms with Gasteiger partial charge in [0.05, 0.1) is 0 Å². The molecule has 0 fully saturated rings. The minimum absolute atomic E-state index is 0.129. The summed E-state index contributed by atoms with van der Waals surface area (Å²) in [6, 6.07) is 1.31. The number of nitrogens with zero attached hydrogens (tertiary/aromatic N) is 1. The Hall–Kier alpha value is -1.21. The van der Waals surface area contributed by atoms with Crippen molar-refractivity contribution < 1.29 is 23.6 Å². The maximum Gasteiger partial charge on any atom is 0.490 e. The van der Waals surface area contributed by atoms with Gasteiger partial charge in [0, 0.05) is 17.2 Å². The molecular weight excluding hydrogens is 195 g/mol. The van der Waals surface area contributed by atoms with Crippen LogP contribution in [0.4, 0.5) is 8.78 Å². The van der Waals surface area contributed by atoms with E-state index in [-0.39, 0.29) is 11.3 Å². The Morgan fingerprint density at radius 3 is 2.57 bits per heavy atom. The summed E-state index contributed by atoms with van der Waals surface area (Å²) >= 11 is 0. The average molecular weight is 203 g/mol. The van der Waals surface area contributed by atoms with Crippen molar-refractivity contribution in [2.75, 3.05) is 0 Å². The molecule has 2 N–H and O–H groups in total. The number of aryl methyl sites for hydroxylation is 1. The fourth-order valence-corrected chi connectivity index (χ4v) is 0.933. The van der Waals surface area contributed by atoms with Gasteiger partial charge in [0.25, 0.3) is 0 Å². The van der Waals surface area contributed by atoms with Gasteiger partial charge >= 0.3 is 13.7 Å². The fourth-order valence-electron chi connectivity index (χ4n) is 0.933. The van der Waals surface area contributed by atoms with Gasteiger partial charge in [-0.15, -0.1) is 0 Å². The van der Waals surface area contributed by atoms with Gasteiger partial charge < -0.3 is 14.8 Å². The number of alkyl halides is 2. The molecule has 0 aliphatic heterocycles.